The van der Waals surface area contributed by atoms with Gasteiger partial charge < -0.3 is 10.6 Å². The van der Waals surface area contributed by atoms with Gasteiger partial charge in [-0.3, -0.25) is 19.5 Å². The molecule has 0 radical (unpaired) electrons. The number of rotatable bonds is 7. The Balaban J connectivity index is 1.48. The molecule has 148 valence electrons. The van der Waals surface area contributed by atoms with Crippen molar-refractivity contribution in [3.63, 3.8) is 0 Å². The molecule has 0 spiro atoms. The van der Waals surface area contributed by atoms with Crippen LogP contribution in [-0.2, 0) is 17.9 Å². The SMILES string of the molecule is O=C(CNC(=O)c1cc(Cl)ccn1)NCc1ccccc1CN1CCCCC1. The van der Waals surface area contributed by atoms with Crippen LogP contribution in [0.2, 0.25) is 5.02 Å². The standard InChI is InChI=1S/C21H25ClN4O2/c22-18-8-9-23-19(12-18)21(28)25-14-20(27)24-13-16-6-2-3-7-17(16)15-26-10-4-1-5-11-26/h2-3,6-9,12H,1,4-5,10-11,13-15H2,(H,24,27)(H,25,28). The largest absolute Gasteiger partial charge is 0.350 e. The van der Waals surface area contributed by atoms with Crippen LogP contribution in [0.25, 0.3) is 0 Å². The number of pyridine rings is 1. The molecule has 1 aliphatic heterocycles. The normalized spacial score (nSPS) is 14.5. The van der Waals surface area contributed by atoms with Crippen LogP contribution in [0, 0.1) is 0 Å². The molecule has 0 bridgehead atoms. The van der Waals surface area contributed by atoms with Gasteiger partial charge in [-0.15, -0.1) is 0 Å². The van der Waals surface area contributed by atoms with E-state index >= 15 is 0 Å². The summed E-state index contributed by atoms with van der Waals surface area (Å²) in [5, 5.41) is 5.86. The predicted molar refractivity (Wildman–Crippen MR) is 109 cm³/mol. The fourth-order valence-corrected chi connectivity index (χ4v) is 3.44. The number of likely N-dealkylation sites (tertiary alicyclic amines) is 1. The van der Waals surface area contributed by atoms with E-state index in [4.69, 9.17) is 11.6 Å². The molecule has 2 N–H and O–H groups in total. The predicted octanol–water partition coefficient (Wildman–Crippen LogP) is 2.77. The van der Waals surface area contributed by atoms with E-state index in [-0.39, 0.29) is 18.1 Å². The number of hydrogen-bond acceptors (Lipinski definition) is 4. The molecule has 0 aliphatic carbocycles. The Bertz CT molecular complexity index is 822. The zero-order chi connectivity index (χ0) is 19.8. The third-order valence-electron chi connectivity index (χ3n) is 4.80. The van der Waals surface area contributed by atoms with Gasteiger partial charge in [-0.1, -0.05) is 42.3 Å². The Morgan fingerprint density at radius 3 is 2.54 bits per heavy atom. The van der Waals surface area contributed by atoms with Crippen molar-refractivity contribution in [1.82, 2.24) is 20.5 Å². The molecule has 6 nitrogen and oxygen atoms in total. The summed E-state index contributed by atoms with van der Waals surface area (Å²) in [6.45, 7) is 3.49. The lowest BCUT2D eigenvalue weighted by atomic mass is 10.0. The van der Waals surface area contributed by atoms with Crippen LogP contribution < -0.4 is 10.6 Å². The van der Waals surface area contributed by atoms with Crippen molar-refractivity contribution < 1.29 is 9.59 Å². The van der Waals surface area contributed by atoms with E-state index in [1.807, 2.05) is 18.2 Å². The number of carbonyl (C=O) groups excluding carboxylic acids is 2. The van der Waals surface area contributed by atoms with Gasteiger partial charge >= 0.3 is 0 Å². The van der Waals surface area contributed by atoms with Crippen molar-refractivity contribution in [3.05, 3.63) is 64.4 Å². The second-order valence-corrected chi connectivity index (χ2v) is 7.36. The van der Waals surface area contributed by atoms with Gasteiger partial charge in [-0.2, -0.15) is 0 Å². The average Bonchev–Trinajstić information content (AvgIpc) is 2.72. The first-order valence-electron chi connectivity index (χ1n) is 9.57. The highest BCUT2D eigenvalue weighted by Crippen LogP contribution is 2.16. The minimum Gasteiger partial charge on any atom is -0.350 e. The Kier molecular flexibility index (Phi) is 7.39. The monoisotopic (exact) mass is 400 g/mol. The highest BCUT2D eigenvalue weighted by Gasteiger charge is 2.13. The van der Waals surface area contributed by atoms with Crippen molar-refractivity contribution >= 4 is 23.4 Å². The van der Waals surface area contributed by atoms with E-state index in [0.29, 0.717) is 11.6 Å². The number of amides is 2. The van der Waals surface area contributed by atoms with Crippen LogP contribution >= 0.6 is 11.6 Å². The summed E-state index contributed by atoms with van der Waals surface area (Å²) in [6, 6.07) is 11.2. The quantitative estimate of drug-likeness (QED) is 0.749. The first-order valence-corrected chi connectivity index (χ1v) is 9.95. The summed E-state index contributed by atoms with van der Waals surface area (Å²) in [6.07, 6.45) is 5.27. The molecule has 2 heterocycles. The van der Waals surface area contributed by atoms with E-state index in [2.05, 4.69) is 26.6 Å². The Labute approximate surface area is 170 Å². The smallest absolute Gasteiger partial charge is 0.270 e. The van der Waals surface area contributed by atoms with E-state index in [9.17, 15) is 9.59 Å². The second kappa shape index (κ2) is 10.2. The molecule has 0 atom stereocenters. The van der Waals surface area contributed by atoms with Gasteiger partial charge in [0.1, 0.15) is 5.69 Å². The molecule has 0 unspecified atom stereocenters. The fraction of sp³-hybridized carbons (Fsp3) is 0.381. The molecule has 28 heavy (non-hydrogen) atoms. The lowest BCUT2D eigenvalue weighted by Gasteiger charge is -2.27. The van der Waals surface area contributed by atoms with Gasteiger partial charge in [-0.05, 0) is 49.2 Å². The molecule has 7 heteroatoms. The summed E-state index contributed by atoms with van der Waals surface area (Å²) in [4.78, 5) is 30.6. The number of hydrogen-bond donors (Lipinski definition) is 2. The maximum absolute atomic E-state index is 12.1. The van der Waals surface area contributed by atoms with Crippen molar-refractivity contribution in [3.8, 4) is 0 Å². The lowest BCUT2D eigenvalue weighted by Crippen LogP contribution is -2.37. The number of nitrogens with one attached hydrogen (secondary N) is 2. The minimum absolute atomic E-state index is 0.110. The second-order valence-electron chi connectivity index (χ2n) is 6.92. The van der Waals surface area contributed by atoms with Gasteiger partial charge in [0, 0.05) is 24.3 Å². The Hall–Kier alpha value is -2.44. The van der Waals surface area contributed by atoms with Gasteiger partial charge in [0.2, 0.25) is 5.91 Å². The van der Waals surface area contributed by atoms with E-state index in [1.54, 1.807) is 6.07 Å². The number of nitrogens with zero attached hydrogens (tertiary/aromatic N) is 2. The summed E-state index contributed by atoms with van der Waals surface area (Å²) >= 11 is 5.85. The zero-order valence-corrected chi connectivity index (χ0v) is 16.5. The van der Waals surface area contributed by atoms with Crippen LogP contribution in [0.1, 0.15) is 40.9 Å². The molecular formula is C21H25ClN4O2. The maximum Gasteiger partial charge on any atom is 0.270 e. The van der Waals surface area contributed by atoms with Crippen molar-refractivity contribution in [1.29, 1.82) is 0 Å². The number of piperidine rings is 1. The summed E-state index contributed by atoms with van der Waals surface area (Å²) in [7, 11) is 0. The summed E-state index contributed by atoms with van der Waals surface area (Å²) in [5.41, 5.74) is 2.52. The molecule has 1 aromatic carbocycles. The van der Waals surface area contributed by atoms with Gasteiger partial charge in [0.05, 0.1) is 6.54 Å². The highest BCUT2D eigenvalue weighted by atomic mass is 35.5. The molecule has 2 aromatic rings. The molecule has 1 fully saturated rings. The first-order chi connectivity index (χ1) is 13.6. The van der Waals surface area contributed by atoms with E-state index in [1.165, 1.54) is 37.1 Å². The molecule has 1 aromatic heterocycles. The van der Waals surface area contributed by atoms with Crippen LogP contribution in [0.4, 0.5) is 0 Å². The number of carbonyl (C=O) groups is 2. The third kappa shape index (κ3) is 6.04. The average molecular weight is 401 g/mol. The lowest BCUT2D eigenvalue weighted by molar-refractivity contribution is -0.120. The summed E-state index contributed by atoms with van der Waals surface area (Å²) < 4.78 is 0. The molecule has 3 rings (SSSR count). The highest BCUT2D eigenvalue weighted by molar-refractivity contribution is 6.30. The Morgan fingerprint density at radius 2 is 1.79 bits per heavy atom. The zero-order valence-electron chi connectivity index (χ0n) is 15.8. The van der Waals surface area contributed by atoms with Crippen LogP contribution in [0.15, 0.2) is 42.6 Å². The van der Waals surface area contributed by atoms with Crippen LogP contribution in [0.5, 0.6) is 0 Å². The van der Waals surface area contributed by atoms with Crippen molar-refractivity contribution in [2.75, 3.05) is 19.6 Å². The van der Waals surface area contributed by atoms with Gasteiger partial charge in [0.25, 0.3) is 5.91 Å². The Morgan fingerprint density at radius 1 is 1.04 bits per heavy atom. The minimum atomic E-state index is -0.428. The molecule has 1 aliphatic rings. The van der Waals surface area contributed by atoms with Gasteiger partial charge in [-0.25, -0.2) is 0 Å². The first kappa shape index (κ1) is 20.3. The molecule has 2 amide bonds. The fourth-order valence-electron chi connectivity index (χ4n) is 3.28. The van der Waals surface area contributed by atoms with Crippen molar-refractivity contribution in [2.24, 2.45) is 0 Å². The van der Waals surface area contributed by atoms with E-state index < -0.39 is 5.91 Å². The third-order valence-corrected chi connectivity index (χ3v) is 5.04. The van der Waals surface area contributed by atoms with Crippen molar-refractivity contribution in [2.45, 2.75) is 32.4 Å². The molecular weight excluding hydrogens is 376 g/mol. The molecule has 1 saturated heterocycles. The number of halogens is 1. The number of aromatic nitrogens is 1. The maximum atomic E-state index is 12.1. The van der Waals surface area contributed by atoms with E-state index in [0.717, 1.165) is 25.2 Å². The van der Waals surface area contributed by atoms with Gasteiger partial charge in [0.15, 0.2) is 0 Å². The van der Waals surface area contributed by atoms with Crippen LogP contribution in [0.3, 0.4) is 0 Å². The van der Waals surface area contributed by atoms with Crippen LogP contribution in [-0.4, -0.2) is 41.3 Å². The summed E-state index contributed by atoms with van der Waals surface area (Å²) in [5.74, 6) is -0.675. The topological polar surface area (TPSA) is 74.3 Å². The number of benzene rings is 1. The molecule has 0 saturated carbocycles.